The predicted octanol–water partition coefficient (Wildman–Crippen LogP) is 3.96. The van der Waals surface area contributed by atoms with E-state index >= 15 is 0 Å². The summed E-state index contributed by atoms with van der Waals surface area (Å²) in [6.45, 7) is 3.09. The molecule has 2 amide bonds. The highest BCUT2D eigenvalue weighted by Crippen LogP contribution is 2.24. The SMILES string of the molecule is CC(NC(=O)C1CCCN(C(=O)c2cccc3ccccc23)C1)c1cccnc1. The Labute approximate surface area is 170 Å². The number of nitrogens with zero attached hydrogens (tertiary/aromatic N) is 2. The van der Waals surface area contributed by atoms with E-state index in [0.717, 1.165) is 29.2 Å². The van der Waals surface area contributed by atoms with Crippen molar-refractivity contribution in [3.05, 3.63) is 78.1 Å². The zero-order valence-corrected chi connectivity index (χ0v) is 16.5. The molecule has 29 heavy (non-hydrogen) atoms. The first-order valence-electron chi connectivity index (χ1n) is 10.1. The van der Waals surface area contributed by atoms with Crippen LogP contribution in [0, 0.1) is 5.92 Å². The highest BCUT2D eigenvalue weighted by molar-refractivity contribution is 6.07. The van der Waals surface area contributed by atoms with E-state index in [9.17, 15) is 9.59 Å². The third-order valence-corrected chi connectivity index (χ3v) is 5.64. The van der Waals surface area contributed by atoms with Gasteiger partial charge >= 0.3 is 0 Å². The Morgan fingerprint density at radius 3 is 2.76 bits per heavy atom. The maximum Gasteiger partial charge on any atom is 0.254 e. The third kappa shape index (κ3) is 4.14. The lowest BCUT2D eigenvalue weighted by Gasteiger charge is -2.33. The van der Waals surface area contributed by atoms with E-state index in [1.54, 1.807) is 12.4 Å². The summed E-state index contributed by atoms with van der Waals surface area (Å²) in [4.78, 5) is 32.0. The molecule has 2 aromatic carbocycles. The molecule has 5 heteroatoms. The van der Waals surface area contributed by atoms with Gasteiger partial charge in [-0.25, -0.2) is 0 Å². The lowest BCUT2D eigenvalue weighted by Crippen LogP contribution is -2.45. The first kappa shape index (κ1) is 19.1. The van der Waals surface area contributed by atoms with Crippen molar-refractivity contribution in [3.63, 3.8) is 0 Å². The van der Waals surface area contributed by atoms with Gasteiger partial charge in [-0.05, 0) is 48.2 Å². The minimum absolute atomic E-state index is 0.000363. The van der Waals surface area contributed by atoms with Gasteiger partial charge in [-0.3, -0.25) is 14.6 Å². The van der Waals surface area contributed by atoms with Gasteiger partial charge in [0.25, 0.3) is 5.91 Å². The van der Waals surface area contributed by atoms with Crippen LogP contribution < -0.4 is 5.32 Å². The molecule has 1 aromatic heterocycles. The molecule has 2 atom stereocenters. The fourth-order valence-corrected chi connectivity index (χ4v) is 4.00. The maximum absolute atomic E-state index is 13.2. The topological polar surface area (TPSA) is 62.3 Å². The van der Waals surface area contributed by atoms with Crippen molar-refractivity contribution in [2.45, 2.75) is 25.8 Å². The van der Waals surface area contributed by atoms with Crippen molar-refractivity contribution in [3.8, 4) is 0 Å². The van der Waals surface area contributed by atoms with Gasteiger partial charge < -0.3 is 10.2 Å². The molecule has 1 aliphatic heterocycles. The second-order valence-electron chi connectivity index (χ2n) is 7.63. The van der Waals surface area contributed by atoms with Gasteiger partial charge in [0.05, 0.1) is 12.0 Å². The van der Waals surface area contributed by atoms with Crippen LogP contribution in [-0.4, -0.2) is 34.8 Å². The van der Waals surface area contributed by atoms with Gasteiger partial charge in [0, 0.05) is 31.0 Å². The summed E-state index contributed by atoms with van der Waals surface area (Å²) in [5.74, 6) is -0.196. The summed E-state index contributed by atoms with van der Waals surface area (Å²) in [7, 11) is 0. The molecule has 4 rings (SSSR count). The van der Waals surface area contributed by atoms with Crippen molar-refractivity contribution < 1.29 is 9.59 Å². The molecule has 3 aromatic rings. The monoisotopic (exact) mass is 387 g/mol. The molecular weight excluding hydrogens is 362 g/mol. The fourth-order valence-electron chi connectivity index (χ4n) is 4.00. The Morgan fingerprint density at radius 1 is 1.10 bits per heavy atom. The van der Waals surface area contributed by atoms with Crippen molar-refractivity contribution in [1.82, 2.24) is 15.2 Å². The van der Waals surface area contributed by atoms with E-state index in [1.165, 1.54) is 0 Å². The standard InChI is InChI=1S/C24H25N3O2/c1-17(19-9-5-13-25-15-19)26-23(28)20-10-6-14-27(16-20)24(29)22-12-4-8-18-7-2-3-11-21(18)22/h2-5,7-9,11-13,15,17,20H,6,10,14,16H2,1H3,(H,26,28). The van der Waals surface area contributed by atoms with E-state index < -0.39 is 0 Å². The molecule has 0 aliphatic carbocycles. The Balaban J connectivity index is 1.46. The number of carbonyl (C=O) groups excluding carboxylic acids is 2. The fraction of sp³-hybridized carbons (Fsp3) is 0.292. The average Bonchev–Trinajstić information content (AvgIpc) is 2.79. The summed E-state index contributed by atoms with van der Waals surface area (Å²) < 4.78 is 0. The quantitative estimate of drug-likeness (QED) is 0.737. The minimum atomic E-state index is -0.193. The normalized spacial score (nSPS) is 17.7. The summed E-state index contributed by atoms with van der Waals surface area (Å²) in [5, 5.41) is 5.08. The average molecular weight is 387 g/mol. The molecule has 0 radical (unpaired) electrons. The minimum Gasteiger partial charge on any atom is -0.349 e. The molecule has 0 bridgehead atoms. The number of carbonyl (C=O) groups is 2. The van der Waals surface area contributed by atoms with E-state index in [1.807, 2.05) is 66.4 Å². The van der Waals surface area contributed by atoms with Gasteiger partial charge in [-0.2, -0.15) is 0 Å². The molecule has 148 valence electrons. The van der Waals surface area contributed by atoms with Crippen LogP contribution in [0.5, 0.6) is 0 Å². The lowest BCUT2D eigenvalue weighted by atomic mass is 9.95. The first-order chi connectivity index (χ1) is 14.1. The molecular formula is C24H25N3O2. The zero-order chi connectivity index (χ0) is 20.2. The summed E-state index contributed by atoms with van der Waals surface area (Å²) in [6.07, 6.45) is 5.11. The maximum atomic E-state index is 13.2. The third-order valence-electron chi connectivity index (χ3n) is 5.64. The van der Waals surface area contributed by atoms with E-state index in [0.29, 0.717) is 18.7 Å². The Kier molecular flexibility index (Phi) is 5.56. The van der Waals surface area contributed by atoms with Crippen LogP contribution in [0.3, 0.4) is 0 Å². The molecule has 2 unspecified atom stereocenters. The first-order valence-corrected chi connectivity index (χ1v) is 10.1. The van der Waals surface area contributed by atoms with Crippen molar-refractivity contribution in [2.75, 3.05) is 13.1 Å². The number of piperidine rings is 1. The Morgan fingerprint density at radius 2 is 1.93 bits per heavy atom. The molecule has 1 N–H and O–H groups in total. The van der Waals surface area contributed by atoms with Gasteiger partial charge in [-0.15, -0.1) is 0 Å². The van der Waals surface area contributed by atoms with Crippen LogP contribution in [0.1, 0.15) is 41.7 Å². The number of benzene rings is 2. The number of fused-ring (bicyclic) bond motifs is 1. The highest BCUT2D eigenvalue weighted by atomic mass is 16.2. The van der Waals surface area contributed by atoms with Crippen molar-refractivity contribution in [1.29, 1.82) is 0 Å². The molecule has 5 nitrogen and oxygen atoms in total. The molecule has 0 saturated carbocycles. The van der Waals surface area contributed by atoms with Crippen LogP contribution in [0.25, 0.3) is 10.8 Å². The van der Waals surface area contributed by atoms with Crippen LogP contribution >= 0.6 is 0 Å². The predicted molar refractivity (Wildman–Crippen MR) is 113 cm³/mol. The van der Waals surface area contributed by atoms with Crippen molar-refractivity contribution >= 4 is 22.6 Å². The van der Waals surface area contributed by atoms with E-state index in [4.69, 9.17) is 0 Å². The van der Waals surface area contributed by atoms with E-state index in [-0.39, 0.29) is 23.8 Å². The number of pyridine rings is 1. The smallest absolute Gasteiger partial charge is 0.254 e. The Hall–Kier alpha value is -3.21. The number of hydrogen-bond acceptors (Lipinski definition) is 3. The van der Waals surface area contributed by atoms with Gasteiger partial charge in [0.1, 0.15) is 0 Å². The second-order valence-corrected chi connectivity index (χ2v) is 7.63. The van der Waals surface area contributed by atoms with E-state index in [2.05, 4.69) is 10.3 Å². The van der Waals surface area contributed by atoms with Crippen LogP contribution in [0.4, 0.5) is 0 Å². The number of likely N-dealkylation sites (tertiary alicyclic amines) is 1. The molecule has 1 fully saturated rings. The molecule has 0 spiro atoms. The summed E-state index contributed by atoms with van der Waals surface area (Å²) >= 11 is 0. The van der Waals surface area contributed by atoms with Crippen LogP contribution in [0.15, 0.2) is 67.0 Å². The van der Waals surface area contributed by atoms with Gasteiger partial charge in [-0.1, -0.05) is 42.5 Å². The lowest BCUT2D eigenvalue weighted by molar-refractivity contribution is -0.127. The number of aromatic nitrogens is 1. The van der Waals surface area contributed by atoms with Crippen molar-refractivity contribution in [2.24, 2.45) is 5.92 Å². The highest BCUT2D eigenvalue weighted by Gasteiger charge is 2.30. The van der Waals surface area contributed by atoms with Crippen LogP contribution in [-0.2, 0) is 4.79 Å². The summed E-state index contributed by atoms with van der Waals surface area (Å²) in [5.41, 5.74) is 1.67. The largest absolute Gasteiger partial charge is 0.349 e. The molecule has 2 heterocycles. The van der Waals surface area contributed by atoms with Gasteiger partial charge in [0.2, 0.25) is 5.91 Å². The Bertz CT molecular complexity index is 1010. The number of rotatable bonds is 4. The zero-order valence-electron chi connectivity index (χ0n) is 16.5. The van der Waals surface area contributed by atoms with Crippen LogP contribution in [0.2, 0.25) is 0 Å². The van der Waals surface area contributed by atoms with Gasteiger partial charge in [0.15, 0.2) is 0 Å². The summed E-state index contributed by atoms with van der Waals surface area (Å²) in [6, 6.07) is 17.4. The number of amides is 2. The molecule has 1 aliphatic rings. The molecule has 1 saturated heterocycles. The number of nitrogens with one attached hydrogen (secondary N) is 1. The second kappa shape index (κ2) is 8.43. The number of hydrogen-bond donors (Lipinski definition) is 1.